The standard InChI is InChI=1S/C26H28F2N4O/c1-15-7-18-10-21(19-12-29-31(3)14-19)22(26(27)28)11-24(18)32(13-15)23-6-4-5-17-9-20(33)8-16(2)30-25(17)23/h4-6,10-12,14-16,26,30H,7-9,13H2,1-3H3/t15-,16+/m0/s1. The van der Waals surface area contributed by atoms with Crippen LogP contribution >= 0.6 is 0 Å². The van der Waals surface area contributed by atoms with Gasteiger partial charge in [0.05, 0.1) is 17.6 Å². The van der Waals surface area contributed by atoms with Crippen LogP contribution in [0.25, 0.3) is 11.1 Å². The number of fused-ring (bicyclic) bond motifs is 2. The van der Waals surface area contributed by atoms with Gasteiger partial charge in [-0.2, -0.15) is 5.10 Å². The molecule has 3 heterocycles. The fraction of sp³-hybridized carbons (Fsp3) is 0.385. The monoisotopic (exact) mass is 450 g/mol. The Balaban J connectivity index is 1.67. The molecular formula is C26H28F2N4O. The highest BCUT2D eigenvalue weighted by molar-refractivity contribution is 5.90. The lowest BCUT2D eigenvalue weighted by molar-refractivity contribution is -0.118. The maximum absolute atomic E-state index is 14.2. The number of rotatable bonds is 3. The van der Waals surface area contributed by atoms with E-state index in [4.69, 9.17) is 0 Å². The van der Waals surface area contributed by atoms with Gasteiger partial charge in [-0.3, -0.25) is 9.48 Å². The molecule has 0 fully saturated rings. The molecule has 0 amide bonds. The van der Waals surface area contributed by atoms with Crippen LogP contribution in [0.15, 0.2) is 42.7 Å². The third-order valence-corrected chi connectivity index (χ3v) is 6.59. The highest BCUT2D eigenvalue weighted by Crippen LogP contribution is 2.45. The summed E-state index contributed by atoms with van der Waals surface area (Å²) in [7, 11) is 1.79. The Morgan fingerprint density at radius 1 is 1.12 bits per heavy atom. The number of benzene rings is 2. The van der Waals surface area contributed by atoms with Crippen LogP contribution in [0.2, 0.25) is 0 Å². The number of Topliss-reactive ketones (excluding diaryl/α,β-unsaturated/α-hetero) is 1. The molecule has 33 heavy (non-hydrogen) atoms. The van der Waals surface area contributed by atoms with E-state index in [-0.39, 0.29) is 17.4 Å². The number of ketones is 1. The molecule has 2 aliphatic heterocycles. The predicted molar refractivity (Wildman–Crippen MR) is 126 cm³/mol. The van der Waals surface area contributed by atoms with E-state index in [0.717, 1.165) is 41.2 Å². The van der Waals surface area contributed by atoms with Crippen molar-refractivity contribution in [2.24, 2.45) is 13.0 Å². The quantitative estimate of drug-likeness (QED) is 0.559. The van der Waals surface area contributed by atoms with Crippen molar-refractivity contribution in [3.63, 3.8) is 0 Å². The molecule has 2 aliphatic rings. The summed E-state index contributed by atoms with van der Waals surface area (Å²) in [4.78, 5) is 14.5. The zero-order valence-electron chi connectivity index (χ0n) is 19.1. The molecule has 0 spiro atoms. The van der Waals surface area contributed by atoms with E-state index in [2.05, 4.69) is 22.2 Å². The highest BCUT2D eigenvalue weighted by Gasteiger charge is 2.30. The van der Waals surface area contributed by atoms with Gasteiger partial charge in [0.2, 0.25) is 0 Å². The number of carbonyl (C=O) groups is 1. The molecule has 0 aliphatic carbocycles. The molecule has 2 aromatic carbocycles. The molecule has 0 saturated carbocycles. The minimum Gasteiger partial charge on any atom is -0.380 e. The number of hydrogen-bond acceptors (Lipinski definition) is 4. The second kappa shape index (κ2) is 8.28. The molecule has 0 saturated heterocycles. The second-order valence-electron chi connectivity index (χ2n) is 9.47. The Morgan fingerprint density at radius 2 is 1.94 bits per heavy atom. The summed E-state index contributed by atoms with van der Waals surface area (Å²) in [6.07, 6.45) is 2.49. The van der Waals surface area contributed by atoms with Crippen LogP contribution in [0.1, 0.15) is 43.4 Å². The first-order chi connectivity index (χ1) is 15.8. The summed E-state index contributed by atoms with van der Waals surface area (Å²) in [5, 5.41) is 7.70. The van der Waals surface area contributed by atoms with Crippen LogP contribution in [-0.2, 0) is 24.7 Å². The van der Waals surface area contributed by atoms with E-state index in [1.54, 1.807) is 30.2 Å². The normalized spacial score (nSPS) is 20.3. The Bertz CT molecular complexity index is 1220. The molecule has 7 heteroatoms. The summed E-state index contributed by atoms with van der Waals surface area (Å²) >= 11 is 0. The maximum atomic E-state index is 14.2. The minimum atomic E-state index is -2.60. The zero-order valence-corrected chi connectivity index (χ0v) is 19.1. The molecule has 1 N–H and O–H groups in total. The molecule has 5 rings (SSSR count). The van der Waals surface area contributed by atoms with Crippen LogP contribution in [0, 0.1) is 5.92 Å². The van der Waals surface area contributed by atoms with Gasteiger partial charge in [0.25, 0.3) is 6.43 Å². The zero-order chi connectivity index (χ0) is 23.3. The number of anilines is 3. The van der Waals surface area contributed by atoms with E-state index >= 15 is 0 Å². The fourth-order valence-corrected chi connectivity index (χ4v) is 5.18. The highest BCUT2D eigenvalue weighted by atomic mass is 19.3. The summed E-state index contributed by atoms with van der Waals surface area (Å²) in [6, 6.07) is 9.54. The lowest BCUT2D eigenvalue weighted by Crippen LogP contribution is -2.31. The topological polar surface area (TPSA) is 50.2 Å². The molecule has 5 nitrogen and oxygen atoms in total. The number of halogens is 2. The predicted octanol–water partition coefficient (Wildman–Crippen LogP) is 5.67. The van der Waals surface area contributed by atoms with E-state index in [1.165, 1.54) is 0 Å². The lowest BCUT2D eigenvalue weighted by atomic mass is 9.88. The number of carbonyl (C=O) groups excluding carboxylic acids is 1. The number of hydrogen-bond donors (Lipinski definition) is 1. The molecule has 0 bridgehead atoms. The van der Waals surface area contributed by atoms with Gasteiger partial charge in [0, 0.05) is 55.5 Å². The molecule has 3 aromatic rings. The molecule has 1 aromatic heterocycles. The second-order valence-corrected chi connectivity index (χ2v) is 9.47. The fourth-order valence-electron chi connectivity index (χ4n) is 5.18. The Kier molecular flexibility index (Phi) is 5.43. The van der Waals surface area contributed by atoms with Gasteiger partial charge in [-0.25, -0.2) is 8.78 Å². The van der Waals surface area contributed by atoms with Crippen molar-refractivity contribution in [2.75, 3.05) is 16.8 Å². The average Bonchev–Trinajstić information content (AvgIpc) is 3.12. The van der Waals surface area contributed by atoms with Gasteiger partial charge in [0.15, 0.2) is 0 Å². The van der Waals surface area contributed by atoms with E-state index in [9.17, 15) is 13.6 Å². The molecule has 0 unspecified atom stereocenters. The van der Waals surface area contributed by atoms with Gasteiger partial charge >= 0.3 is 0 Å². The van der Waals surface area contributed by atoms with Gasteiger partial charge in [-0.15, -0.1) is 0 Å². The van der Waals surface area contributed by atoms with Crippen molar-refractivity contribution in [3.05, 3.63) is 59.4 Å². The smallest absolute Gasteiger partial charge is 0.264 e. The van der Waals surface area contributed by atoms with Crippen molar-refractivity contribution in [2.45, 2.75) is 45.6 Å². The first-order valence-corrected chi connectivity index (χ1v) is 11.4. The van der Waals surface area contributed by atoms with Gasteiger partial charge in [0.1, 0.15) is 5.78 Å². The van der Waals surface area contributed by atoms with Crippen molar-refractivity contribution in [3.8, 4) is 11.1 Å². The number of nitrogens with zero attached hydrogens (tertiary/aromatic N) is 3. The molecule has 0 radical (unpaired) electrons. The third kappa shape index (κ3) is 4.01. The Hall–Kier alpha value is -3.22. The van der Waals surface area contributed by atoms with Crippen molar-refractivity contribution < 1.29 is 13.6 Å². The number of aryl methyl sites for hydroxylation is 1. The van der Waals surface area contributed by atoms with Crippen LogP contribution in [0.5, 0.6) is 0 Å². The average molecular weight is 451 g/mol. The first kappa shape index (κ1) is 21.6. The maximum Gasteiger partial charge on any atom is 0.264 e. The van der Waals surface area contributed by atoms with Crippen LogP contribution in [-0.4, -0.2) is 28.2 Å². The summed E-state index contributed by atoms with van der Waals surface area (Å²) in [5.41, 5.74) is 5.95. The van der Waals surface area contributed by atoms with Crippen molar-refractivity contribution >= 4 is 22.8 Å². The number of alkyl halides is 2. The van der Waals surface area contributed by atoms with Gasteiger partial charge < -0.3 is 10.2 Å². The van der Waals surface area contributed by atoms with E-state index in [0.29, 0.717) is 29.9 Å². The first-order valence-electron chi connectivity index (χ1n) is 11.4. The summed E-state index contributed by atoms with van der Waals surface area (Å²) in [5.74, 6) is 0.553. The number of para-hydroxylation sites is 1. The Labute approximate surface area is 192 Å². The SMILES string of the molecule is C[C@H]1Cc2cc(-c3cnn(C)c3)c(C(F)F)cc2N(c2cccc3c2N[C@H](C)CC(=O)C3)C1. The van der Waals surface area contributed by atoms with E-state index < -0.39 is 6.43 Å². The van der Waals surface area contributed by atoms with Crippen LogP contribution in [0.4, 0.5) is 25.8 Å². The summed E-state index contributed by atoms with van der Waals surface area (Å²) in [6.45, 7) is 4.91. The lowest BCUT2D eigenvalue weighted by Gasteiger charge is -2.37. The van der Waals surface area contributed by atoms with Crippen LogP contribution < -0.4 is 10.2 Å². The molecule has 172 valence electrons. The van der Waals surface area contributed by atoms with Gasteiger partial charge in [-0.05, 0) is 54.2 Å². The number of aromatic nitrogens is 2. The van der Waals surface area contributed by atoms with E-state index in [1.807, 2.05) is 31.2 Å². The number of nitrogens with one attached hydrogen (secondary N) is 1. The van der Waals surface area contributed by atoms with Crippen LogP contribution in [0.3, 0.4) is 0 Å². The third-order valence-electron chi connectivity index (χ3n) is 6.59. The van der Waals surface area contributed by atoms with Crippen molar-refractivity contribution in [1.82, 2.24) is 9.78 Å². The Morgan fingerprint density at radius 3 is 2.67 bits per heavy atom. The van der Waals surface area contributed by atoms with Crippen molar-refractivity contribution in [1.29, 1.82) is 0 Å². The molecular weight excluding hydrogens is 422 g/mol. The molecule has 2 atom stereocenters. The minimum absolute atomic E-state index is 0.0137. The van der Waals surface area contributed by atoms with Gasteiger partial charge in [-0.1, -0.05) is 19.1 Å². The largest absolute Gasteiger partial charge is 0.380 e. The summed E-state index contributed by atoms with van der Waals surface area (Å²) < 4.78 is 30.1.